The van der Waals surface area contributed by atoms with Gasteiger partial charge in [-0.05, 0) is 44.3 Å². The minimum atomic E-state index is 0.455. The van der Waals surface area contributed by atoms with Crippen LogP contribution < -0.4 is 5.32 Å². The van der Waals surface area contributed by atoms with Crippen molar-refractivity contribution < 1.29 is 0 Å². The van der Waals surface area contributed by atoms with Crippen molar-refractivity contribution in [2.45, 2.75) is 32.2 Å². The van der Waals surface area contributed by atoms with Crippen LogP contribution in [0.4, 0.5) is 0 Å². The predicted octanol–water partition coefficient (Wildman–Crippen LogP) is 3.07. The molecule has 1 aromatic carbocycles. The van der Waals surface area contributed by atoms with E-state index in [9.17, 15) is 0 Å². The maximum absolute atomic E-state index is 3.46. The molecule has 0 spiro atoms. The van der Waals surface area contributed by atoms with Gasteiger partial charge in [0.1, 0.15) is 0 Å². The smallest absolute Gasteiger partial charge is 0.0446 e. The van der Waals surface area contributed by atoms with Gasteiger partial charge in [-0.1, -0.05) is 37.3 Å². The molecule has 0 heterocycles. The topological polar surface area (TPSA) is 15.3 Å². The van der Waals surface area contributed by atoms with Crippen molar-refractivity contribution in [2.75, 3.05) is 26.7 Å². The summed E-state index contributed by atoms with van der Waals surface area (Å²) in [6, 6.07) is 11.3. The summed E-state index contributed by atoms with van der Waals surface area (Å²) in [6.07, 6.45) is 4.13. The molecule has 1 atom stereocenters. The van der Waals surface area contributed by atoms with E-state index in [1.165, 1.54) is 37.9 Å². The molecular formula is C16H26N2. The molecule has 1 aliphatic carbocycles. The van der Waals surface area contributed by atoms with Crippen LogP contribution in [-0.2, 0) is 0 Å². The van der Waals surface area contributed by atoms with Crippen molar-refractivity contribution in [3.05, 3.63) is 35.9 Å². The first kappa shape index (κ1) is 13.6. The lowest BCUT2D eigenvalue weighted by molar-refractivity contribution is 0.237. The van der Waals surface area contributed by atoms with Crippen LogP contribution >= 0.6 is 0 Å². The Labute approximate surface area is 111 Å². The molecule has 0 amide bonds. The van der Waals surface area contributed by atoms with Gasteiger partial charge in [-0.3, -0.25) is 0 Å². The average Bonchev–Trinajstić information content (AvgIpc) is 3.21. The van der Waals surface area contributed by atoms with E-state index in [1.54, 1.807) is 0 Å². The Bertz CT molecular complexity index is 332. The number of benzene rings is 1. The minimum Gasteiger partial charge on any atom is -0.312 e. The zero-order valence-electron chi connectivity index (χ0n) is 11.7. The molecular weight excluding hydrogens is 220 g/mol. The molecule has 1 aliphatic rings. The lowest BCUT2D eigenvalue weighted by Gasteiger charge is -2.27. The van der Waals surface area contributed by atoms with Gasteiger partial charge >= 0.3 is 0 Å². The van der Waals surface area contributed by atoms with Gasteiger partial charge in [0.25, 0.3) is 0 Å². The maximum atomic E-state index is 3.46. The maximum Gasteiger partial charge on any atom is 0.0446 e. The molecule has 2 nitrogen and oxygen atoms in total. The Morgan fingerprint density at radius 1 is 1.28 bits per heavy atom. The highest BCUT2D eigenvalue weighted by atomic mass is 15.1. The predicted molar refractivity (Wildman–Crippen MR) is 77.7 cm³/mol. The molecule has 0 saturated heterocycles. The van der Waals surface area contributed by atoms with Crippen LogP contribution in [0.1, 0.15) is 37.8 Å². The van der Waals surface area contributed by atoms with Crippen molar-refractivity contribution in [2.24, 2.45) is 5.92 Å². The van der Waals surface area contributed by atoms with Crippen LogP contribution in [-0.4, -0.2) is 31.6 Å². The molecule has 2 heteroatoms. The standard InChI is InChI=1S/C16H26N2/c1-3-11-18(12-14-9-10-14)13-16(17-2)15-7-5-4-6-8-15/h4-8,14,16-17H,3,9-13H2,1-2H3. The van der Waals surface area contributed by atoms with Gasteiger partial charge in [-0.2, -0.15) is 0 Å². The van der Waals surface area contributed by atoms with Crippen molar-refractivity contribution in [3.8, 4) is 0 Å². The first-order valence-electron chi connectivity index (χ1n) is 7.28. The zero-order valence-corrected chi connectivity index (χ0v) is 11.7. The fourth-order valence-corrected chi connectivity index (χ4v) is 2.55. The lowest BCUT2D eigenvalue weighted by Crippen LogP contribution is -2.35. The third kappa shape index (κ3) is 4.11. The minimum absolute atomic E-state index is 0.455. The van der Waals surface area contributed by atoms with Crippen LogP contribution in [0, 0.1) is 5.92 Å². The van der Waals surface area contributed by atoms with Gasteiger partial charge in [0.05, 0.1) is 0 Å². The largest absolute Gasteiger partial charge is 0.312 e. The molecule has 2 rings (SSSR count). The van der Waals surface area contributed by atoms with Crippen LogP contribution in [0.2, 0.25) is 0 Å². The van der Waals surface area contributed by atoms with Crippen molar-refractivity contribution in [1.82, 2.24) is 10.2 Å². The van der Waals surface area contributed by atoms with E-state index in [4.69, 9.17) is 0 Å². The fourth-order valence-electron chi connectivity index (χ4n) is 2.55. The van der Waals surface area contributed by atoms with Crippen molar-refractivity contribution in [3.63, 3.8) is 0 Å². The lowest BCUT2D eigenvalue weighted by atomic mass is 10.1. The molecule has 1 fully saturated rings. The summed E-state index contributed by atoms with van der Waals surface area (Å²) >= 11 is 0. The highest BCUT2D eigenvalue weighted by molar-refractivity contribution is 5.19. The second-order valence-corrected chi connectivity index (χ2v) is 5.45. The van der Waals surface area contributed by atoms with E-state index in [0.717, 1.165) is 12.5 Å². The van der Waals surface area contributed by atoms with Crippen molar-refractivity contribution in [1.29, 1.82) is 0 Å². The van der Waals surface area contributed by atoms with Crippen LogP contribution in [0.3, 0.4) is 0 Å². The van der Waals surface area contributed by atoms with Gasteiger partial charge < -0.3 is 10.2 Å². The fraction of sp³-hybridized carbons (Fsp3) is 0.625. The quantitative estimate of drug-likeness (QED) is 0.758. The summed E-state index contributed by atoms with van der Waals surface area (Å²) in [5.41, 5.74) is 1.40. The summed E-state index contributed by atoms with van der Waals surface area (Å²) < 4.78 is 0. The molecule has 0 radical (unpaired) electrons. The summed E-state index contributed by atoms with van der Waals surface area (Å²) in [7, 11) is 2.07. The number of nitrogens with one attached hydrogen (secondary N) is 1. The molecule has 1 N–H and O–H groups in total. The van der Waals surface area contributed by atoms with E-state index in [2.05, 4.69) is 54.5 Å². The van der Waals surface area contributed by atoms with Gasteiger partial charge in [0, 0.05) is 19.1 Å². The number of hydrogen-bond donors (Lipinski definition) is 1. The average molecular weight is 246 g/mol. The first-order chi connectivity index (χ1) is 8.83. The molecule has 1 aromatic rings. The summed E-state index contributed by atoms with van der Waals surface area (Å²) in [5, 5.41) is 3.46. The Balaban J connectivity index is 1.93. The Kier molecular flexibility index (Phi) is 5.21. The molecule has 100 valence electrons. The van der Waals surface area contributed by atoms with Crippen molar-refractivity contribution >= 4 is 0 Å². The van der Waals surface area contributed by atoms with E-state index in [1.807, 2.05) is 0 Å². The molecule has 18 heavy (non-hydrogen) atoms. The highest BCUT2D eigenvalue weighted by Crippen LogP contribution is 2.30. The van der Waals surface area contributed by atoms with Gasteiger partial charge in [-0.25, -0.2) is 0 Å². The van der Waals surface area contributed by atoms with Crippen LogP contribution in [0.5, 0.6) is 0 Å². The van der Waals surface area contributed by atoms with Crippen LogP contribution in [0.15, 0.2) is 30.3 Å². The molecule has 1 saturated carbocycles. The van der Waals surface area contributed by atoms with Gasteiger partial charge in [-0.15, -0.1) is 0 Å². The van der Waals surface area contributed by atoms with E-state index < -0.39 is 0 Å². The summed E-state index contributed by atoms with van der Waals surface area (Å²) in [5.74, 6) is 0.977. The Morgan fingerprint density at radius 2 is 2.00 bits per heavy atom. The Hall–Kier alpha value is -0.860. The Morgan fingerprint density at radius 3 is 2.56 bits per heavy atom. The summed E-state index contributed by atoms with van der Waals surface area (Å²) in [4.78, 5) is 2.63. The van der Waals surface area contributed by atoms with E-state index in [-0.39, 0.29) is 0 Å². The molecule has 1 unspecified atom stereocenters. The molecule has 0 bridgehead atoms. The number of hydrogen-bond acceptors (Lipinski definition) is 2. The van der Waals surface area contributed by atoms with Crippen LogP contribution in [0.25, 0.3) is 0 Å². The third-order valence-corrected chi connectivity index (χ3v) is 3.74. The SMILES string of the molecule is CCCN(CC1CC1)CC(NC)c1ccccc1. The van der Waals surface area contributed by atoms with E-state index >= 15 is 0 Å². The number of rotatable bonds is 8. The normalized spacial score (nSPS) is 17.1. The second-order valence-electron chi connectivity index (χ2n) is 5.45. The molecule has 0 aromatic heterocycles. The van der Waals surface area contributed by atoms with Gasteiger partial charge in [0.15, 0.2) is 0 Å². The third-order valence-electron chi connectivity index (χ3n) is 3.74. The highest BCUT2D eigenvalue weighted by Gasteiger charge is 2.25. The summed E-state index contributed by atoms with van der Waals surface area (Å²) in [6.45, 7) is 5.92. The second kappa shape index (κ2) is 6.91. The van der Waals surface area contributed by atoms with E-state index in [0.29, 0.717) is 6.04 Å². The van der Waals surface area contributed by atoms with Gasteiger partial charge in [0.2, 0.25) is 0 Å². The molecule has 0 aliphatic heterocycles. The zero-order chi connectivity index (χ0) is 12.8. The monoisotopic (exact) mass is 246 g/mol. The number of nitrogens with zero attached hydrogens (tertiary/aromatic N) is 1. The first-order valence-corrected chi connectivity index (χ1v) is 7.28. The number of likely N-dealkylation sites (N-methyl/N-ethyl adjacent to an activating group) is 1.